The van der Waals surface area contributed by atoms with E-state index in [2.05, 4.69) is 0 Å². The van der Waals surface area contributed by atoms with Crippen molar-refractivity contribution in [2.24, 2.45) is 5.92 Å². The average molecular weight is 342 g/mol. The van der Waals surface area contributed by atoms with Crippen LogP contribution in [0.5, 0.6) is 0 Å². The molecule has 22 heavy (non-hydrogen) atoms. The Morgan fingerprint density at radius 3 is 2.59 bits per heavy atom. The number of hydrogen-bond acceptors (Lipinski definition) is 3. The van der Waals surface area contributed by atoms with E-state index in [9.17, 15) is 13.2 Å². The molecule has 1 fully saturated rings. The van der Waals surface area contributed by atoms with Crippen molar-refractivity contribution >= 4 is 33.4 Å². The summed E-state index contributed by atoms with van der Waals surface area (Å²) in [5, 5.41) is 0.153. The summed E-state index contributed by atoms with van der Waals surface area (Å²) < 4.78 is 24.1. The van der Waals surface area contributed by atoms with Crippen LogP contribution in [0.25, 0.3) is 6.08 Å². The smallest absolute Gasteiger partial charge is 0.246 e. The molecule has 2 rings (SSSR count). The van der Waals surface area contributed by atoms with Crippen LogP contribution < -0.4 is 0 Å². The first kappa shape index (κ1) is 17.0. The fraction of sp³-hybridized carbons (Fsp3) is 0.438. The standard InChI is InChI=1S/C16H20ClNO3S/c1-12(2)11-22(20,21)14-9-18(10-14)16(19)8-7-13-5-3-4-6-15(13)17/h3-8,12,14H,9-11H2,1-2H3/b8-7+. The van der Waals surface area contributed by atoms with Crippen molar-refractivity contribution in [3.8, 4) is 0 Å². The summed E-state index contributed by atoms with van der Waals surface area (Å²) in [7, 11) is -3.10. The van der Waals surface area contributed by atoms with Crippen LogP contribution in [-0.2, 0) is 14.6 Å². The van der Waals surface area contributed by atoms with Gasteiger partial charge < -0.3 is 4.90 Å². The van der Waals surface area contributed by atoms with Gasteiger partial charge in [-0.3, -0.25) is 4.79 Å². The maximum absolute atomic E-state index is 12.0. The van der Waals surface area contributed by atoms with E-state index in [0.717, 1.165) is 5.56 Å². The van der Waals surface area contributed by atoms with E-state index in [-0.39, 0.29) is 30.7 Å². The highest BCUT2D eigenvalue weighted by molar-refractivity contribution is 7.92. The molecule has 0 spiro atoms. The van der Waals surface area contributed by atoms with Crippen molar-refractivity contribution in [2.45, 2.75) is 19.1 Å². The molecule has 1 amide bonds. The second-order valence-corrected chi connectivity index (χ2v) is 8.68. The van der Waals surface area contributed by atoms with Gasteiger partial charge in [0.05, 0.1) is 11.0 Å². The third-order valence-corrected chi connectivity index (χ3v) is 6.33. The van der Waals surface area contributed by atoms with Gasteiger partial charge in [0.1, 0.15) is 0 Å². The third kappa shape index (κ3) is 4.11. The molecule has 0 aromatic heterocycles. The summed E-state index contributed by atoms with van der Waals surface area (Å²) in [4.78, 5) is 13.5. The molecule has 4 nitrogen and oxygen atoms in total. The topological polar surface area (TPSA) is 54.5 Å². The van der Waals surface area contributed by atoms with Crippen LogP contribution in [0.3, 0.4) is 0 Å². The molecule has 6 heteroatoms. The Bertz CT molecular complexity index is 676. The summed E-state index contributed by atoms with van der Waals surface area (Å²) in [6.07, 6.45) is 3.09. The van der Waals surface area contributed by atoms with E-state index in [4.69, 9.17) is 11.6 Å². The Balaban J connectivity index is 1.91. The third-order valence-electron chi connectivity index (χ3n) is 3.54. The lowest BCUT2D eigenvalue weighted by Crippen LogP contribution is -2.57. The SMILES string of the molecule is CC(C)CS(=O)(=O)C1CN(C(=O)/C=C/c2ccccc2Cl)C1. The van der Waals surface area contributed by atoms with Gasteiger partial charge >= 0.3 is 0 Å². The van der Waals surface area contributed by atoms with Crippen molar-refractivity contribution in [3.05, 3.63) is 40.9 Å². The van der Waals surface area contributed by atoms with E-state index in [1.54, 1.807) is 12.1 Å². The van der Waals surface area contributed by atoms with Gasteiger partial charge in [0.15, 0.2) is 9.84 Å². The highest BCUT2D eigenvalue weighted by atomic mass is 35.5. The van der Waals surface area contributed by atoms with E-state index in [0.29, 0.717) is 5.02 Å². The lowest BCUT2D eigenvalue weighted by atomic mass is 10.2. The summed E-state index contributed by atoms with van der Waals surface area (Å²) >= 11 is 6.01. The van der Waals surface area contributed by atoms with Crippen molar-refractivity contribution < 1.29 is 13.2 Å². The molecule has 1 saturated heterocycles. The lowest BCUT2D eigenvalue weighted by Gasteiger charge is -2.38. The van der Waals surface area contributed by atoms with Gasteiger partial charge in [0, 0.05) is 24.2 Å². The highest BCUT2D eigenvalue weighted by Crippen LogP contribution is 2.20. The van der Waals surface area contributed by atoms with Gasteiger partial charge in [-0.2, -0.15) is 0 Å². The number of nitrogens with zero attached hydrogens (tertiary/aromatic N) is 1. The van der Waals surface area contributed by atoms with Crippen LogP contribution in [0.1, 0.15) is 19.4 Å². The second-order valence-electron chi connectivity index (χ2n) is 5.94. The number of sulfone groups is 1. The highest BCUT2D eigenvalue weighted by Gasteiger charge is 2.38. The zero-order valence-electron chi connectivity index (χ0n) is 12.7. The first-order valence-electron chi connectivity index (χ1n) is 7.22. The molecular weight excluding hydrogens is 322 g/mol. The minimum absolute atomic E-state index is 0.106. The first-order valence-corrected chi connectivity index (χ1v) is 9.32. The number of halogens is 1. The largest absolute Gasteiger partial charge is 0.336 e. The second kappa shape index (κ2) is 6.84. The maximum atomic E-state index is 12.0. The Kier molecular flexibility index (Phi) is 5.29. The molecule has 1 aromatic carbocycles. The number of likely N-dealkylation sites (tertiary alicyclic amines) is 1. The molecule has 0 N–H and O–H groups in total. The lowest BCUT2D eigenvalue weighted by molar-refractivity contribution is -0.128. The molecule has 1 aliphatic rings. The number of benzene rings is 1. The maximum Gasteiger partial charge on any atom is 0.246 e. The number of amides is 1. The number of rotatable bonds is 5. The molecule has 0 saturated carbocycles. The molecule has 0 unspecified atom stereocenters. The van der Waals surface area contributed by atoms with E-state index in [1.165, 1.54) is 11.0 Å². The summed E-state index contributed by atoms with van der Waals surface area (Å²) in [6, 6.07) is 7.23. The van der Waals surface area contributed by atoms with Crippen molar-refractivity contribution in [1.82, 2.24) is 4.90 Å². The number of hydrogen-bond donors (Lipinski definition) is 0. The van der Waals surface area contributed by atoms with E-state index >= 15 is 0 Å². The fourth-order valence-corrected chi connectivity index (χ4v) is 4.54. The van der Waals surface area contributed by atoms with Crippen molar-refractivity contribution in [3.63, 3.8) is 0 Å². The van der Waals surface area contributed by atoms with Crippen LogP contribution in [0.15, 0.2) is 30.3 Å². The molecule has 1 aromatic rings. The Morgan fingerprint density at radius 2 is 2.00 bits per heavy atom. The minimum Gasteiger partial charge on any atom is -0.336 e. The zero-order chi connectivity index (χ0) is 16.3. The summed E-state index contributed by atoms with van der Waals surface area (Å²) in [6.45, 7) is 4.32. The van der Waals surface area contributed by atoms with Crippen molar-refractivity contribution in [1.29, 1.82) is 0 Å². The van der Waals surface area contributed by atoms with Gasteiger partial charge in [0.25, 0.3) is 0 Å². The fourth-order valence-electron chi connectivity index (χ4n) is 2.32. The summed E-state index contributed by atoms with van der Waals surface area (Å²) in [5.41, 5.74) is 0.766. The van der Waals surface area contributed by atoms with E-state index in [1.807, 2.05) is 32.0 Å². The monoisotopic (exact) mass is 341 g/mol. The molecule has 1 aliphatic heterocycles. The predicted molar refractivity (Wildman–Crippen MR) is 89.5 cm³/mol. The Labute approximate surface area is 136 Å². The number of carbonyl (C=O) groups is 1. The Hall–Kier alpha value is -1.33. The minimum atomic E-state index is -3.10. The van der Waals surface area contributed by atoms with Gasteiger partial charge in [-0.15, -0.1) is 0 Å². The van der Waals surface area contributed by atoms with Crippen LogP contribution in [0.4, 0.5) is 0 Å². The summed E-state index contributed by atoms with van der Waals surface area (Å²) in [5.74, 6) is 0.0978. The van der Waals surface area contributed by atoms with Gasteiger partial charge in [0.2, 0.25) is 5.91 Å². The predicted octanol–water partition coefficient (Wildman–Crippen LogP) is 2.63. The van der Waals surface area contributed by atoms with Crippen molar-refractivity contribution in [2.75, 3.05) is 18.8 Å². The van der Waals surface area contributed by atoms with Crippen LogP contribution in [0.2, 0.25) is 5.02 Å². The van der Waals surface area contributed by atoms with Crippen LogP contribution >= 0.6 is 11.6 Å². The van der Waals surface area contributed by atoms with Crippen LogP contribution in [-0.4, -0.2) is 43.3 Å². The van der Waals surface area contributed by atoms with Gasteiger partial charge in [-0.05, 0) is 23.6 Å². The number of carbonyl (C=O) groups excluding carboxylic acids is 1. The molecule has 0 aliphatic carbocycles. The normalized spacial score (nSPS) is 16.3. The average Bonchev–Trinajstić information content (AvgIpc) is 2.33. The zero-order valence-corrected chi connectivity index (χ0v) is 14.3. The van der Waals surface area contributed by atoms with Gasteiger partial charge in [-0.25, -0.2) is 8.42 Å². The van der Waals surface area contributed by atoms with Gasteiger partial charge in [-0.1, -0.05) is 43.6 Å². The van der Waals surface area contributed by atoms with Crippen LogP contribution in [0, 0.1) is 5.92 Å². The molecular formula is C16H20ClNO3S. The molecule has 0 radical (unpaired) electrons. The quantitative estimate of drug-likeness (QED) is 0.774. The molecule has 1 heterocycles. The molecule has 0 bridgehead atoms. The Morgan fingerprint density at radius 1 is 1.36 bits per heavy atom. The molecule has 120 valence electrons. The van der Waals surface area contributed by atoms with E-state index < -0.39 is 15.1 Å². The molecule has 0 atom stereocenters. The first-order chi connectivity index (χ1) is 10.3.